The molecule has 0 spiro atoms. The van der Waals surface area contributed by atoms with E-state index >= 15 is 0 Å². The van der Waals surface area contributed by atoms with Crippen molar-refractivity contribution >= 4 is 87.4 Å². The minimum atomic E-state index is -1.10. The summed E-state index contributed by atoms with van der Waals surface area (Å²) in [4.78, 5) is 83.4. The van der Waals surface area contributed by atoms with Gasteiger partial charge in [0, 0.05) is 36.4 Å². The van der Waals surface area contributed by atoms with E-state index in [2.05, 4.69) is 185 Å². The average Bonchev–Trinajstić information content (AvgIpc) is 1.72. The van der Waals surface area contributed by atoms with Gasteiger partial charge in [0.15, 0.2) is 5.54 Å². The van der Waals surface area contributed by atoms with Gasteiger partial charge in [-0.3, -0.25) is 19.5 Å². The first-order valence-corrected chi connectivity index (χ1v) is 39.8. The average molecular weight is 1510 g/mol. The molecule has 1 saturated heterocycles. The number of allylic oxidation sites excluding steroid dienone is 2. The smallest absolute Gasteiger partial charge is 0.410 e. The van der Waals surface area contributed by atoms with Gasteiger partial charge in [0.25, 0.3) is 0 Å². The SMILES string of the molecule is CC(=O)C[C@@H](/C=C/CCSC(c1ccccc1)(c1ccccc1)c1ccccc1)OC(=O)[C@@H]1CCCN1C(=O)OCC1c2ccccc2-c2ccccc21.CC(=O)C[C@H](O)/C=C/CCSC(c1ccccc1)(c1ccccc1)c1ccccc1.CC(C)(C)OC(=O)NCc1nc(C2=N[C@](C)(C(=O)O)CS2)cs1. The Labute approximate surface area is 644 Å². The Kier molecular flexibility index (Phi) is 28.6. The van der Waals surface area contributed by atoms with Gasteiger partial charge in [-0.05, 0) is 140 Å². The molecule has 4 atom stereocenters. The molecule has 0 bridgehead atoms. The molecule has 0 unspecified atom stereocenters. The Hall–Kier alpha value is -9.63. The number of benzene rings is 8. The van der Waals surface area contributed by atoms with Gasteiger partial charge in [-0.2, -0.15) is 0 Å². The lowest BCUT2D eigenvalue weighted by atomic mass is 9.84. The molecular formula is C88H92N4O11S4. The highest BCUT2D eigenvalue weighted by Crippen LogP contribution is 2.51. The van der Waals surface area contributed by atoms with Crippen molar-refractivity contribution in [2.24, 2.45) is 4.99 Å². The molecule has 12 rings (SSSR count). The number of carboxylic acids is 1. The van der Waals surface area contributed by atoms with Crippen LogP contribution in [-0.4, -0.2) is 121 Å². The lowest BCUT2D eigenvalue weighted by Gasteiger charge is -2.35. The van der Waals surface area contributed by atoms with Crippen molar-refractivity contribution < 1.29 is 53.2 Å². The number of carboxylic acid groups (broad SMARTS) is 1. The number of aliphatic hydroxyl groups excluding tert-OH is 1. The second-order valence-electron chi connectivity index (χ2n) is 27.5. The van der Waals surface area contributed by atoms with Gasteiger partial charge in [-0.1, -0.05) is 249 Å². The first-order chi connectivity index (χ1) is 51.7. The number of alkyl carbamates (subject to hydrolysis) is 1. The summed E-state index contributed by atoms with van der Waals surface area (Å²) in [5, 5.41) is 24.9. The van der Waals surface area contributed by atoms with Crippen LogP contribution in [0.1, 0.15) is 141 Å². The minimum Gasteiger partial charge on any atom is -0.479 e. The summed E-state index contributed by atoms with van der Waals surface area (Å²) in [6.07, 6.45) is 7.97. The van der Waals surface area contributed by atoms with Crippen molar-refractivity contribution in [1.29, 1.82) is 0 Å². The van der Waals surface area contributed by atoms with E-state index in [1.807, 2.05) is 108 Å². The predicted molar refractivity (Wildman–Crippen MR) is 432 cm³/mol. The topological polar surface area (TPSA) is 211 Å². The van der Waals surface area contributed by atoms with E-state index in [0.717, 1.165) is 40.2 Å². The Morgan fingerprint density at radius 1 is 0.626 bits per heavy atom. The monoisotopic (exact) mass is 1510 g/mol. The van der Waals surface area contributed by atoms with Gasteiger partial charge in [0.1, 0.15) is 51.7 Å². The van der Waals surface area contributed by atoms with Crippen LogP contribution in [0.4, 0.5) is 9.59 Å². The first-order valence-electron chi connectivity index (χ1n) is 36.0. The number of likely N-dealkylation sites (tertiary alicyclic amines) is 1. The number of rotatable bonds is 28. The molecule has 107 heavy (non-hydrogen) atoms. The summed E-state index contributed by atoms with van der Waals surface area (Å²) in [5.74, 6) is 0.428. The molecule has 2 aliphatic heterocycles. The van der Waals surface area contributed by atoms with Crippen molar-refractivity contribution in [3.8, 4) is 11.1 Å². The van der Waals surface area contributed by atoms with Gasteiger partial charge >= 0.3 is 24.1 Å². The molecule has 554 valence electrons. The molecule has 0 radical (unpaired) electrons. The summed E-state index contributed by atoms with van der Waals surface area (Å²) in [6, 6.07) is 79.2. The normalized spacial score (nSPS) is 16.0. The Morgan fingerprint density at radius 2 is 1.07 bits per heavy atom. The molecule has 1 fully saturated rings. The van der Waals surface area contributed by atoms with Crippen LogP contribution < -0.4 is 5.32 Å². The molecule has 19 heteroatoms. The Bertz CT molecular complexity index is 4280. The third kappa shape index (κ3) is 21.2. The Balaban J connectivity index is 0.000000193. The van der Waals surface area contributed by atoms with Crippen molar-refractivity contribution in [3.63, 3.8) is 0 Å². The molecule has 2 amide bonds. The highest BCUT2D eigenvalue weighted by Gasteiger charge is 2.42. The molecule has 3 aliphatic rings. The third-order valence-corrected chi connectivity index (χ3v) is 23.5. The number of ether oxygens (including phenoxy) is 3. The summed E-state index contributed by atoms with van der Waals surface area (Å²) in [5.41, 5.74) is 10.9. The maximum Gasteiger partial charge on any atom is 0.410 e. The standard InChI is InChI=1S/C47H45NO5S.C27H28O2S.C14H19N3O4S2/c1-34(49)32-38(24-15-16-31-54-47(35-18-5-2-6-19-35,36-20-7-3-8-21-36)37-22-9-4-10-23-37)53-45(50)44-29-17-30-48(44)46(51)52-33-43-41-27-13-11-25-39(41)40-26-12-14-28-42(40)43;1-22(28)21-26(29)19-11-12-20-30-27(23-13-5-2-6-14-23,24-15-7-3-8-16-24)25-17-9-4-10-18-25;1-13(2,3)21-12(20)15-5-9-16-8(6-22-9)10-17-14(4,7-23-10)11(18)19/h2-15,18-28,38,43-44H,16-17,29-33H2,1H3;2-11,13-19,26,29H,12,20-21H2,1H3;6H,5,7H2,1-4H3,(H,15,20)(H,18,19)/b24-15+;19-11+;/t38-,44+;26-;14-/m110/s1. The number of nitrogens with one attached hydrogen (secondary N) is 1. The number of aliphatic imine (C=N–C) groups is 1. The van der Waals surface area contributed by atoms with Crippen LogP contribution in [0.3, 0.4) is 0 Å². The van der Waals surface area contributed by atoms with Crippen LogP contribution in [0.25, 0.3) is 11.1 Å². The lowest BCUT2D eigenvalue weighted by Crippen LogP contribution is -2.43. The van der Waals surface area contributed by atoms with Crippen molar-refractivity contribution in [3.05, 3.63) is 315 Å². The second-order valence-corrected chi connectivity index (χ2v) is 32.0. The number of aromatic nitrogens is 1. The van der Waals surface area contributed by atoms with Gasteiger partial charge in [0.05, 0.1) is 22.1 Å². The lowest BCUT2D eigenvalue weighted by molar-refractivity contribution is -0.152. The zero-order valence-electron chi connectivity index (χ0n) is 61.2. The van der Waals surface area contributed by atoms with Gasteiger partial charge < -0.3 is 29.7 Å². The summed E-state index contributed by atoms with van der Waals surface area (Å²) < 4.78 is 16.2. The summed E-state index contributed by atoms with van der Waals surface area (Å²) in [7, 11) is 0. The number of carbonyl (C=O) groups is 6. The van der Waals surface area contributed by atoms with Crippen LogP contribution in [0.5, 0.6) is 0 Å². The quantitative estimate of drug-likeness (QED) is 0.0137. The van der Waals surface area contributed by atoms with E-state index in [4.69, 9.17) is 14.2 Å². The number of nitrogens with zero attached hydrogens (tertiary/aromatic N) is 3. The molecule has 3 N–H and O–H groups in total. The van der Waals surface area contributed by atoms with Gasteiger partial charge in [-0.15, -0.1) is 46.6 Å². The summed E-state index contributed by atoms with van der Waals surface area (Å²) in [6.45, 7) is 10.8. The first kappa shape index (κ1) is 79.9. The van der Waals surface area contributed by atoms with E-state index in [-0.39, 0.29) is 48.2 Å². The molecule has 1 aliphatic carbocycles. The van der Waals surface area contributed by atoms with Crippen molar-refractivity contribution in [2.75, 3.05) is 30.4 Å². The number of thioether (sulfide) groups is 3. The van der Waals surface area contributed by atoms with E-state index in [0.29, 0.717) is 47.3 Å². The second kappa shape index (κ2) is 38.3. The van der Waals surface area contributed by atoms with Crippen LogP contribution in [0, 0.1) is 0 Å². The van der Waals surface area contributed by atoms with Gasteiger partial charge in [0.2, 0.25) is 0 Å². The molecule has 0 saturated carbocycles. The van der Waals surface area contributed by atoms with Crippen LogP contribution >= 0.6 is 46.6 Å². The zero-order chi connectivity index (χ0) is 75.8. The maximum absolute atomic E-state index is 13.6. The van der Waals surface area contributed by atoms with Crippen LogP contribution in [0.15, 0.2) is 265 Å². The molecule has 3 heterocycles. The molecular weight excluding hydrogens is 1420 g/mol. The number of Topliss-reactive ketones (excluding diaryl/α,β-unsaturated/α-hetero) is 2. The number of thiazole rings is 1. The van der Waals surface area contributed by atoms with Crippen molar-refractivity contribution in [1.82, 2.24) is 15.2 Å². The predicted octanol–water partition coefficient (Wildman–Crippen LogP) is 18.5. The molecule has 15 nitrogen and oxygen atoms in total. The number of hydrogen-bond donors (Lipinski definition) is 3. The van der Waals surface area contributed by atoms with Crippen LogP contribution in [0.2, 0.25) is 0 Å². The number of fused-ring (bicyclic) bond motifs is 3. The fourth-order valence-electron chi connectivity index (χ4n) is 13.2. The van der Waals surface area contributed by atoms with Crippen LogP contribution in [-0.2, 0) is 49.4 Å². The number of ketones is 2. The molecule has 8 aromatic carbocycles. The highest BCUT2D eigenvalue weighted by atomic mass is 32.2. The number of esters is 1. The molecule has 1 aromatic heterocycles. The van der Waals surface area contributed by atoms with E-state index in [1.54, 1.807) is 33.8 Å². The molecule has 9 aromatic rings. The van der Waals surface area contributed by atoms with Gasteiger partial charge in [-0.25, -0.2) is 24.2 Å². The number of aliphatic hydroxyl groups is 1. The fraction of sp³-hybridized carbons (Fsp3) is 0.295. The number of amides is 2. The largest absolute Gasteiger partial charge is 0.479 e. The van der Waals surface area contributed by atoms with E-state index < -0.39 is 58.3 Å². The van der Waals surface area contributed by atoms with E-state index in [9.17, 15) is 39.0 Å². The fourth-order valence-corrected chi connectivity index (χ4v) is 18.1. The van der Waals surface area contributed by atoms with Crippen molar-refractivity contribution in [2.45, 2.75) is 131 Å². The number of aliphatic carboxylic acids is 1. The highest BCUT2D eigenvalue weighted by molar-refractivity contribution is 8.14. The number of carbonyl (C=O) groups excluding carboxylic acids is 5. The number of hydrogen-bond acceptors (Lipinski definition) is 16. The minimum absolute atomic E-state index is 0.00206. The maximum atomic E-state index is 13.6. The summed E-state index contributed by atoms with van der Waals surface area (Å²) >= 11 is 6.51. The van der Waals surface area contributed by atoms with E-state index in [1.165, 1.54) is 75.2 Å². The Morgan fingerprint density at radius 3 is 1.50 bits per heavy atom. The zero-order valence-corrected chi connectivity index (χ0v) is 64.4. The third-order valence-electron chi connectivity index (χ3n) is 18.2.